The summed E-state index contributed by atoms with van der Waals surface area (Å²) in [5.41, 5.74) is 0. The van der Waals surface area contributed by atoms with Crippen LogP contribution in [0.1, 0.15) is 58.3 Å². The second kappa shape index (κ2) is 6.61. The Morgan fingerprint density at radius 3 is 2.62 bits per heavy atom. The standard InChI is InChI=1S/C14H27NO/c1-2-12-5-3-6-13(9-8-12)15-14-7-4-10-16-11-14/h12-15H,2-11H2,1H3. The van der Waals surface area contributed by atoms with Crippen molar-refractivity contribution in [3.8, 4) is 0 Å². The highest BCUT2D eigenvalue weighted by Gasteiger charge is 2.21. The first-order valence-electron chi connectivity index (χ1n) is 7.22. The molecule has 1 saturated heterocycles. The largest absolute Gasteiger partial charge is 0.380 e. The van der Waals surface area contributed by atoms with Crippen LogP contribution < -0.4 is 5.32 Å². The number of rotatable bonds is 3. The topological polar surface area (TPSA) is 21.3 Å². The Balaban J connectivity index is 1.72. The highest BCUT2D eigenvalue weighted by molar-refractivity contribution is 4.79. The Kier molecular flexibility index (Phi) is 5.11. The predicted octanol–water partition coefficient (Wildman–Crippen LogP) is 3.11. The van der Waals surface area contributed by atoms with Crippen molar-refractivity contribution in [2.45, 2.75) is 70.4 Å². The monoisotopic (exact) mass is 225 g/mol. The number of hydrogen-bond donors (Lipinski definition) is 1. The van der Waals surface area contributed by atoms with Gasteiger partial charge < -0.3 is 10.1 Å². The fourth-order valence-electron chi connectivity index (χ4n) is 3.16. The van der Waals surface area contributed by atoms with Crippen LogP contribution in [0.25, 0.3) is 0 Å². The molecule has 2 nitrogen and oxygen atoms in total. The lowest BCUT2D eigenvalue weighted by Crippen LogP contribution is -2.43. The molecule has 1 N–H and O–H groups in total. The third-order valence-corrected chi connectivity index (χ3v) is 4.30. The van der Waals surface area contributed by atoms with Crippen LogP contribution in [0.15, 0.2) is 0 Å². The van der Waals surface area contributed by atoms with E-state index < -0.39 is 0 Å². The molecule has 1 aliphatic carbocycles. The van der Waals surface area contributed by atoms with Crippen molar-refractivity contribution < 1.29 is 4.74 Å². The minimum atomic E-state index is 0.636. The van der Waals surface area contributed by atoms with E-state index in [9.17, 15) is 0 Å². The second-order valence-corrected chi connectivity index (χ2v) is 5.56. The van der Waals surface area contributed by atoms with Crippen LogP contribution in [0.5, 0.6) is 0 Å². The summed E-state index contributed by atoms with van der Waals surface area (Å²) in [7, 11) is 0. The molecule has 94 valence electrons. The zero-order chi connectivity index (χ0) is 11.2. The Hall–Kier alpha value is -0.0800. The minimum Gasteiger partial charge on any atom is -0.380 e. The second-order valence-electron chi connectivity index (χ2n) is 5.56. The average Bonchev–Trinajstić information content (AvgIpc) is 2.56. The van der Waals surface area contributed by atoms with E-state index in [2.05, 4.69) is 12.2 Å². The van der Waals surface area contributed by atoms with Gasteiger partial charge >= 0.3 is 0 Å². The zero-order valence-electron chi connectivity index (χ0n) is 10.7. The van der Waals surface area contributed by atoms with Crippen LogP contribution in [-0.4, -0.2) is 25.3 Å². The fourth-order valence-corrected chi connectivity index (χ4v) is 3.16. The van der Waals surface area contributed by atoms with Gasteiger partial charge in [-0.15, -0.1) is 0 Å². The summed E-state index contributed by atoms with van der Waals surface area (Å²) in [6.45, 7) is 4.25. The van der Waals surface area contributed by atoms with E-state index >= 15 is 0 Å². The first kappa shape index (κ1) is 12.4. The summed E-state index contributed by atoms with van der Waals surface area (Å²) >= 11 is 0. The molecule has 3 atom stereocenters. The van der Waals surface area contributed by atoms with Crippen LogP contribution in [0.2, 0.25) is 0 Å². The smallest absolute Gasteiger partial charge is 0.0619 e. The lowest BCUT2D eigenvalue weighted by atomic mass is 9.97. The molecule has 1 saturated carbocycles. The Morgan fingerprint density at radius 2 is 1.88 bits per heavy atom. The first-order valence-corrected chi connectivity index (χ1v) is 7.22. The van der Waals surface area contributed by atoms with Gasteiger partial charge in [-0.3, -0.25) is 0 Å². The van der Waals surface area contributed by atoms with E-state index in [1.54, 1.807) is 0 Å². The summed E-state index contributed by atoms with van der Waals surface area (Å²) in [4.78, 5) is 0. The summed E-state index contributed by atoms with van der Waals surface area (Å²) in [6, 6.07) is 1.40. The Morgan fingerprint density at radius 1 is 1.00 bits per heavy atom. The van der Waals surface area contributed by atoms with Crippen LogP contribution in [0.3, 0.4) is 0 Å². The maximum Gasteiger partial charge on any atom is 0.0619 e. The van der Waals surface area contributed by atoms with Gasteiger partial charge in [0.05, 0.1) is 6.61 Å². The van der Waals surface area contributed by atoms with Crippen LogP contribution in [0, 0.1) is 5.92 Å². The van der Waals surface area contributed by atoms with Crippen molar-refractivity contribution in [3.05, 3.63) is 0 Å². The molecule has 2 fully saturated rings. The molecule has 1 heterocycles. The molecular weight excluding hydrogens is 198 g/mol. The van der Waals surface area contributed by atoms with Gasteiger partial charge in [0.1, 0.15) is 0 Å². The molecule has 2 heteroatoms. The number of hydrogen-bond acceptors (Lipinski definition) is 2. The highest BCUT2D eigenvalue weighted by atomic mass is 16.5. The SMILES string of the molecule is CCC1CCCC(NC2CCCOC2)CC1. The average molecular weight is 225 g/mol. The lowest BCUT2D eigenvalue weighted by Gasteiger charge is -2.28. The molecule has 0 bridgehead atoms. The predicted molar refractivity (Wildman–Crippen MR) is 67.6 cm³/mol. The van der Waals surface area contributed by atoms with Gasteiger partial charge in [0.25, 0.3) is 0 Å². The first-order chi connectivity index (χ1) is 7.88. The zero-order valence-corrected chi connectivity index (χ0v) is 10.7. The maximum absolute atomic E-state index is 5.53. The molecule has 0 spiro atoms. The molecule has 2 aliphatic rings. The van der Waals surface area contributed by atoms with Gasteiger partial charge in [-0.25, -0.2) is 0 Å². The summed E-state index contributed by atoms with van der Waals surface area (Å²) in [6.07, 6.45) is 11.0. The quantitative estimate of drug-likeness (QED) is 0.745. The Labute approximate surface area is 100 Å². The number of ether oxygens (including phenoxy) is 1. The van der Waals surface area contributed by atoms with Crippen molar-refractivity contribution in [1.82, 2.24) is 5.32 Å². The van der Waals surface area contributed by atoms with Crippen molar-refractivity contribution in [3.63, 3.8) is 0 Å². The molecule has 0 aromatic carbocycles. The van der Waals surface area contributed by atoms with E-state index in [0.29, 0.717) is 6.04 Å². The molecule has 0 amide bonds. The molecule has 0 aromatic rings. The van der Waals surface area contributed by atoms with Crippen molar-refractivity contribution >= 4 is 0 Å². The Bertz CT molecular complexity index is 189. The molecule has 3 unspecified atom stereocenters. The van der Waals surface area contributed by atoms with Gasteiger partial charge in [-0.05, 0) is 38.0 Å². The van der Waals surface area contributed by atoms with E-state index in [1.807, 2.05) is 0 Å². The maximum atomic E-state index is 5.53. The van der Waals surface area contributed by atoms with Crippen molar-refractivity contribution in [2.75, 3.05) is 13.2 Å². The molecule has 0 aromatic heterocycles. The summed E-state index contributed by atoms with van der Waals surface area (Å²) in [5.74, 6) is 0.995. The van der Waals surface area contributed by atoms with E-state index in [-0.39, 0.29) is 0 Å². The van der Waals surface area contributed by atoms with Crippen molar-refractivity contribution in [1.29, 1.82) is 0 Å². The van der Waals surface area contributed by atoms with Gasteiger partial charge in [0, 0.05) is 18.7 Å². The molecule has 16 heavy (non-hydrogen) atoms. The minimum absolute atomic E-state index is 0.636. The summed E-state index contributed by atoms with van der Waals surface area (Å²) in [5, 5.41) is 3.82. The van der Waals surface area contributed by atoms with Crippen LogP contribution in [0.4, 0.5) is 0 Å². The van der Waals surface area contributed by atoms with E-state index in [4.69, 9.17) is 4.74 Å². The van der Waals surface area contributed by atoms with Crippen LogP contribution in [-0.2, 0) is 4.74 Å². The normalized spacial score (nSPS) is 36.9. The van der Waals surface area contributed by atoms with E-state index in [0.717, 1.165) is 25.2 Å². The third kappa shape index (κ3) is 3.74. The van der Waals surface area contributed by atoms with Gasteiger partial charge in [0.2, 0.25) is 0 Å². The molecule has 2 rings (SSSR count). The van der Waals surface area contributed by atoms with Gasteiger partial charge in [-0.2, -0.15) is 0 Å². The third-order valence-electron chi connectivity index (χ3n) is 4.30. The molecule has 1 aliphatic heterocycles. The fraction of sp³-hybridized carbons (Fsp3) is 1.00. The van der Waals surface area contributed by atoms with Gasteiger partial charge in [-0.1, -0.05) is 26.2 Å². The number of nitrogens with one attached hydrogen (secondary N) is 1. The lowest BCUT2D eigenvalue weighted by molar-refractivity contribution is 0.0655. The molecule has 0 radical (unpaired) electrons. The van der Waals surface area contributed by atoms with E-state index in [1.165, 1.54) is 51.4 Å². The van der Waals surface area contributed by atoms with Crippen LogP contribution >= 0.6 is 0 Å². The van der Waals surface area contributed by atoms with Crippen molar-refractivity contribution in [2.24, 2.45) is 5.92 Å². The highest BCUT2D eigenvalue weighted by Crippen LogP contribution is 2.26. The summed E-state index contributed by atoms with van der Waals surface area (Å²) < 4.78 is 5.53. The van der Waals surface area contributed by atoms with Gasteiger partial charge in [0.15, 0.2) is 0 Å². The molecular formula is C14H27NO.